The molecule has 0 radical (unpaired) electrons. The molecule has 1 unspecified atom stereocenters. The molecule has 1 rings (SSSR count). The van der Waals surface area contributed by atoms with E-state index < -0.39 is 16.9 Å². The number of rotatable bonds is 2. The lowest BCUT2D eigenvalue weighted by Crippen LogP contribution is -2.43. The Morgan fingerprint density at radius 2 is 2.18 bits per heavy atom. The summed E-state index contributed by atoms with van der Waals surface area (Å²) in [4.78, 5) is 22.4. The lowest BCUT2D eigenvalue weighted by atomic mass is 9.65. The van der Waals surface area contributed by atoms with Crippen molar-refractivity contribution in [3.05, 3.63) is 11.6 Å². The first kappa shape index (κ1) is 13.2. The van der Waals surface area contributed by atoms with Crippen LogP contribution >= 0.6 is 0 Å². The fourth-order valence-corrected chi connectivity index (χ4v) is 2.39. The molecule has 0 aromatic carbocycles. The molecular formula is C12H16N2O3. The molecule has 0 aromatic rings. The van der Waals surface area contributed by atoms with Gasteiger partial charge < -0.3 is 10.4 Å². The third kappa shape index (κ3) is 2.84. The molecule has 2 N–H and O–H groups in total. The van der Waals surface area contributed by atoms with Gasteiger partial charge >= 0.3 is 6.09 Å². The van der Waals surface area contributed by atoms with E-state index in [4.69, 9.17) is 10.4 Å². The average Bonchev–Trinajstić information content (AvgIpc) is 2.20. The van der Waals surface area contributed by atoms with E-state index in [0.717, 1.165) is 0 Å². The van der Waals surface area contributed by atoms with E-state index in [1.807, 2.05) is 13.0 Å². The van der Waals surface area contributed by atoms with Gasteiger partial charge in [-0.1, -0.05) is 26.8 Å². The average molecular weight is 236 g/mol. The van der Waals surface area contributed by atoms with Gasteiger partial charge in [-0.25, -0.2) is 4.79 Å². The van der Waals surface area contributed by atoms with Crippen LogP contribution in [0.5, 0.6) is 0 Å². The minimum absolute atomic E-state index is 0.121. The third-order valence-electron chi connectivity index (χ3n) is 2.96. The van der Waals surface area contributed by atoms with Crippen LogP contribution in [0.1, 0.15) is 27.2 Å². The molecule has 0 spiro atoms. The van der Waals surface area contributed by atoms with Crippen molar-refractivity contribution < 1.29 is 14.7 Å². The number of carboxylic acid groups (broad SMARTS) is 1. The van der Waals surface area contributed by atoms with Crippen molar-refractivity contribution in [1.82, 2.24) is 5.32 Å². The highest BCUT2D eigenvalue weighted by Gasteiger charge is 2.42. The maximum atomic E-state index is 11.9. The molecule has 1 aliphatic rings. The van der Waals surface area contributed by atoms with Crippen LogP contribution in [0.3, 0.4) is 0 Å². The zero-order chi connectivity index (χ0) is 13.3. The molecule has 5 heteroatoms. The topological polar surface area (TPSA) is 90.2 Å². The highest BCUT2D eigenvalue weighted by molar-refractivity contribution is 6.03. The molecule has 0 saturated heterocycles. The molecule has 17 heavy (non-hydrogen) atoms. The normalized spacial score (nSPS) is 26.9. The zero-order valence-electron chi connectivity index (χ0n) is 10.2. The second kappa shape index (κ2) is 4.21. The summed E-state index contributed by atoms with van der Waals surface area (Å²) in [5.41, 5.74) is -1.01. The largest absolute Gasteiger partial charge is 0.465 e. The molecule has 0 heterocycles. The Bertz CT molecular complexity index is 432. The van der Waals surface area contributed by atoms with Crippen LogP contribution < -0.4 is 5.32 Å². The molecule has 1 aliphatic carbocycles. The Hall–Kier alpha value is -1.83. The summed E-state index contributed by atoms with van der Waals surface area (Å²) in [5.74, 6) is -0.173. The minimum atomic E-state index is -1.10. The van der Waals surface area contributed by atoms with Crippen molar-refractivity contribution in [2.75, 3.05) is 6.54 Å². The molecule has 0 saturated carbocycles. The Morgan fingerprint density at radius 3 is 2.65 bits per heavy atom. The second-order valence-corrected chi connectivity index (χ2v) is 5.37. The van der Waals surface area contributed by atoms with Crippen LogP contribution in [0.4, 0.5) is 4.79 Å². The van der Waals surface area contributed by atoms with Crippen LogP contribution in [0.2, 0.25) is 0 Å². The van der Waals surface area contributed by atoms with Gasteiger partial charge in [0.25, 0.3) is 0 Å². The summed E-state index contributed by atoms with van der Waals surface area (Å²) in [6.07, 6.45) is 0.994. The predicted octanol–water partition coefficient (Wildman–Crippen LogP) is 1.71. The molecular weight excluding hydrogens is 220 g/mol. The van der Waals surface area contributed by atoms with Crippen molar-refractivity contribution in [3.8, 4) is 6.07 Å². The van der Waals surface area contributed by atoms with E-state index in [-0.39, 0.29) is 17.9 Å². The van der Waals surface area contributed by atoms with Crippen molar-refractivity contribution in [2.45, 2.75) is 27.2 Å². The predicted molar refractivity (Wildman–Crippen MR) is 61.2 cm³/mol. The monoisotopic (exact) mass is 236 g/mol. The maximum Gasteiger partial charge on any atom is 0.404 e. The van der Waals surface area contributed by atoms with Crippen molar-refractivity contribution in [2.24, 2.45) is 10.8 Å². The summed E-state index contributed by atoms with van der Waals surface area (Å²) in [7, 11) is 0. The van der Waals surface area contributed by atoms with Crippen molar-refractivity contribution in [3.63, 3.8) is 0 Å². The van der Waals surface area contributed by atoms with E-state index in [1.54, 1.807) is 19.9 Å². The first-order valence-electron chi connectivity index (χ1n) is 5.35. The van der Waals surface area contributed by atoms with Gasteiger partial charge in [0, 0.05) is 17.4 Å². The van der Waals surface area contributed by atoms with Crippen LogP contribution in [0.25, 0.3) is 0 Å². The lowest BCUT2D eigenvalue weighted by Gasteiger charge is -2.38. The number of hydrogen-bond donors (Lipinski definition) is 2. The summed E-state index contributed by atoms with van der Waals surface area (Å²) >= 11 is 0. The van der Waals surface area contributed by atoms with E-state index in [2.05, 4.69) is 5.32 Å². The van der Waals surface area contributed by atoms with Gasteiger partial charge in [0.1, 0.15) is 6.07 Å². The van der Waals surface area contributed by atoms with Crippen molar-refractivity contribution in [1.29, 1.82) is 5.26 Å². The van der Waals surface area contributed by atoms with Gasteiger partial charge in [-0.15, -0.1) is 0 Å². The van der Waals surface area contributed by atoms with Gasteiger partial charge in [-0.05, 0) is 6.42 Å². The lowest BCUT2D eigenvalue weighted by molar-refractivity contribution is -0.125. The number of nitriles is 1. The number of ketones is 1. The molecule has 92 valence electrons. The molecule has 1 amide bonds. The third-order valence-corrected chi connectivity index (χ3v) is 2.96. The molecule has 0 aromatic heterocycles. The van der Waals surface area contributed by atoms with E-state index >= 15 is 0 Å². The van der Waals surface area contributed by atoms with E-state index in [1.165, 1.54) is 0 Å². The Kier molecular flexibility index (Phi) is 3.28. The van der Waals surface area contributed by atoms with Crippen LogP contribution in [0.15, 0.2) is 11.6 Å². The number of carbonyl (C=O) groups excluding carboxylic acids is 1. The van der Waals surface area contributed by atoms with Gasteiger partial charge in [-0.2, -0.15) is 5.26 Å². The number of amides is 1. The number of allylic oxidation sites excluding steroid dienone is 1. The van der Waals surface area contributed by atoms with Gasteiger partial charge in [-0.3, -0.25) is 4.79 Å². The Balaban J connectivity index is 3.03. The smallest absolute Gasteiger partial charge is 0.404 e. The SMILES string of the molecule is CC1(CNC(=O)O)C=C(C#N)C(=O)C(C)(C)C1. The van der Waals surface area contributed by atoms with E-state index in [0.29, 0.717) is 6.42 Å². The summed E-state index contributed by atoms with van der Waals surface area (Å²) in [6, 6.07) is 1.89. The Morgan fingerprint density at radius 1 is 1.59 bits per heavy atom. The second-order valence-electron chi connectivity index (χ2n) is 5.37. The van der Waals surface area contributed by atoms with Crippen LogP contribution in [0, 0.1) is 22.2 Å². The molecule has 0 fully saturated rings. The standard InChI is InChI=1S/C12H16N2O3/c1-11(2)6-12(3,7-14-10(16)17)4-8(5-13)9(11)15/h4,14H,6-7H2,1-3H3,(H,16,17). The summed E-state index contributed by atoms with van der Waals surface area (Å²) in [5, 5.41) is 19.8. The Labute approximate surface area is 100 Å². The van der Waals surface area contributed by atoms with Gasteiger partial charge in [0.15, 0.2) is 5.78 Å². The summed E-state index contributed by atoms with van der Waals surface area (Å²) < 4.78 is 0. The molecule has 5 nitrogen and oxygen atoms in total. The zero-order valence-corrected chi connectivity index (χ0v) is 10.2. The summed E-state index contributed by atoms with van der Waals surface area (Å²) in [6.45, 7) is 5.59. The van der Waals surface area contributed by atoms with Crippen LogP contribution in [-0.4, -0.2) is 23.5 Å². The fourth-order valence-electron chi connectivity index (χ4n) is 2.39. The number of hydrogen-bond acceptors (Lipinski definition) is 3. The fraction of sp³-hybridized carbons (Fsp3) is 0.583. The number of carbonyl (C=O) groups is 2. The first-order valence-corrected chi connectivity index (χ1v) is 5.35. The minimum Gasteiger partial charge on any atom is -0.465 e. The highest BCUT2D eigenvalue weighted by Crippen LogP contribution is 2.42. The first-order chi connectivity index (χ1) is 7.70. The molecule has 0 aliphatic heterocycles. The molecule has 1 atom stereocenters. The van der Waals surface area contributed by atoms with Gasteiger partial charge in [0.2, 0.25) is 0 Å². The van der Waals surface area contributed by atoms with Crippen LogP contribution in [-0.2, 0) is 4.79 Å². The molecule has 0 bridgehead atoms. The maximum absolute atomic E-state index is 11.9. The number of nitrogens with one attached hydrogen (secondary N) is 1. The number of nitrogens with zero attached hydrogens (tertiary/aromatic N) is 1. The number of Topliss-reactive ketones (excluding diaryl/α,β-unsaturated/α-hetero) is 1. The van der Waals surface area contributed by atoms with Gasteiger partial charge in [0.05, 0.1) is 5.57 Å². The highest BCUT2D eigenvalue weighted by atomic mass is 16.4. The van der Waals surface area contributed by atoms with Crippen molar-refractivity contribution >= 4 is 11.9 Å². The van der Waals surface area contributed by atoms with E-state index in [9.17, 15) is 9.59 Å². The quantitative estimate of drug-likeness (QED) is 0.763.